The van der Waals surface area contributed by atoms with E-state index in [0.717, 1.165) is 6.54 Å². The molecule has 0 aliphatic heterocycles. The van der Waals surface area contributed by atoms with Gasteiger partial charge in [0.05, 0.1) is 0 Å². The summed E-state index contributed by atoms with van der Waals surface area (Å²) >= 11 is 0. The number of rotatable bonds is 5. The van der Waals surface area contributed by atoms with E-state index in [2.05, 4.69) is 86.0 Å². The highest BCUT2D eigenvalue weighted by molar-refractivity contribution is 6.89. The van der Waals surface area contributed by atoms with Crippen molar-refractivity contribution in [2.45, 2.75) is 39.3 Å². The predicted octanol–water partition coefficient (Wildman–Crippen LogP) is 4.67. The summed E-state index contributed by atoms with van der Waals surface area (Å²) in [5, 5.41) is 0. The summed E-state index contributed by atoms with van der Waals surface area (Å²) in [4.78, 5) is 0. The monoisotopic (exact) mass is 277 g/mol. The molecule has 0 bridgehead atoms. The molecule has 0 radical (unpaired) electrons. The fourth-order valence-corrected chi connectivity index (χ4v) is 11.8. The average molecular weight is 278 g/mol. The molecule has 100 valence electrons. The zero-order valence-corrected chi connectivity index (χ0v) is 14.7. The van der Waals surface area contributed by atoms with Crippen LogP contribution in [0.25, 0.3) is 6.08 Å². The van der Waals surface area contributed by atoms with Gasteiger partial charge in [-0.3, -0.25) is 0 Å². The zero-order valence-electron chi connectivity index (χ0n) is 12.7. The lowest BCUT2D eigenvalue weighted by Gasteiger charge is -2.43. The van der Waals surface area contributed by atoms with Gasteiger partial charge in [-0.25, -0.2) is 0 Å². The molecule has 0 N–H and O–H groups in total. The van der Waals surface area contributed by atoms with E-state index in [-0.39, 0.29) is 0 Å². The topological polar surface area (TPSA) is 3.24 Å². The zero-order chi connectivity index (χ0) is 13.8. The van der Waals surface area contributed by atoms with E-state index >= 15 is 0 Å². The van der Waals surface area contributed by atoms with Gasteiger partial charge >= 0.3 is 0 Å². The molecule has 0 aromatic heterocycles. The van der Waals surface area contributed by atoms with Gasteiger partial charge in [-0.1, -0.05) is 81.8 Å². The predicted molar refractivity (Wildman–Crippen MR) is 88.9 cm³/mol. The van der Waals surface area contributed by atoms with Gasteiger partial charge in [0.2, 0.25) is 0 Å². The third-order valence-corrected chi connectivity index (χ3v) is 10.6. The van der Waals surface area contributed by atoms with Crippen LogP contribution in [-0.4, -0.2) is 27.2 Å². The van der Waals surface area contributed by atoms with Crippen LogP contribution in [0, 0.1) is 0 Å². The first kappa shape index (κ1) is 15.4. The summed E-state index contributed by atoms with van der Waals surface area (Å²) in [6.45, 7) is 15.8. The molecule has 0 saturated carbocycles. The van der Waals surface area contributed by atoms with Gasteiger partial charge in [0.15, 0.2) is 0 Å². The van der Waals surface area contributed by atoms with Crippen molar-refractivity contribution in [3.05, 3.63) is 42.0 Å². The highest BCUT2D eigenvalue weighted by Crippen LogP contribution is 2.19. The Balaban J connectivity index is 2.73. The van der Waals surface area contributed by atoms with E-state index in [9.17, 15) is 0 Å². The van der Waals surface area contributed by atoms with Crippen molar-refractivity contribution < 1.29 is 0 Å². The van der Waals surface area contributed by atoms with Crippen LogP contribution < -0.4 is 0 Å². The molecule has 0 aliphatic rings. The Labute approximate surface area is 115 Å². The van der Waals surface area contributed by atoms with Crippen LogP contribution in [-0.2, 0) is 0 Å². The van der Waals surface area contributed by atoms with Gasteiger partial charge in [0, 0.05) is 6.54 Å². The highest BCUT2D eigenvalue weighted by Gasteiger charge is 2.33. The van der Waals surface area contributed by atoms with Crippen molar-refractivity contribution in [1.82, 2.24) is 4.23 Å². The Hall–Kier alpha value is -0.646. The molecule has 1 aromatic carbocycles. The summed E-state index contributed by atoms with van der Waals surface area (Å²) in [5.41, 5.74) is 1.30. The van der Waals surface area contributed by atoms with Crippen LogP contribution in [0.3, 0.4) is 0 Å². The Morgan fingerprint density at radius 1 is 0.889 bits per heavy atom. The fraction of sp³-hybridized carbons (Fsp3) is 0.467. The Kier molecular flexibility index (Phi) is 5.13. The smallest absolute Gasteiger partial charge is 0.112 e. The average Bonchev–Trinajstić information content (AvgIpc) is 2.22. The molecule has 1 rings (SSSR count). The van der Waals surface area contributed by atoms with E-state index in [1.165, 1.54) is 5.56 Å². The summed E-state index contributed by atoms with van der Waals surface area (Å²) in [6, 6.07) is 10.6. The molecule has 3 heteroatoms. The van der Waals surface area contributed by atoms with E-state index in [1.54, 1.807) is 0 Å². The van der Waals surface area contributed by atoms with Crippen molar-refractivity contribution in [3.63, 3.8) is 0 Å². The SMILES string of the molecule is C[Si](C)(C)N(CC=Cc1ccccc1)[Si](C)(C)C. The molecule has 1 aromatic rings. The number of nitrogens with zero attached hydrogens (tertiary/aromatic N) is 1. The van der Waals surface area contributed by atoms with Crippen molar-refractivity contribution in [1.29, 1.82) is 0 Å². The molecule has 0 spiro atoms. The molecule has 0 amide bonds. The van der Waals surface area contributed by atoms with Crippen LogP contribution in [0.5, 0.6) is 0 Å². The first-order chi connectivity index (χ1) is 8.21. The van der Waals surface area contributed by atoms with E-state index in [1.807, 2.05) is 0 Å². The van der Waals surface area contributed by atoms with Crippen molar-refractivity contribution in [3.8, 4) is 0 Å². The van der Waals surface area contributed by atoms with Gasteiger partial charge < -0.3 is 4.23 Å². The second-order valence-corrected chi connectivity index (χ2v) is 17.0. The van der Waals surface area contributed by atoms with Gasteiger partial charge in [-0.2, -0.15) is 0 Å². The lowest BCUT2D eigenvalue weighted by atomic mass is 10.2. The number of hydrogen-bond acceptors (Lipinski definition) is 1. The minimum absolute atomic E-state index is 1.10. The maximum absolute atomic E-state index is 2.79. The molecular formula is C15H27NSi2. The Morgan fingerprint density at radius 2 is 1.39 bits per heavy atom. The molecule has 18 heavy (non-hydrogen) atoms. The van der Waals surface area contributed by atoms with Crippen LogP contribution in [0.15, 0.2) is 36.4 Å². The summed E-state index contributed by atoms with van der Waals surface area (Å²) in [6.07, 6.45) is 4.57. The molecule has 0 aliphatic carbocycles. The molecule has 0 heterocycles. The second-order valence-electron chi connectivity index (χ2n) is 6.77. The van der Waals surface area contributed by atoms with Crippen LogP contribution >= 0.6 is 0 Å². The van der Waals surface area contributed by atoms with E-state index in [4.69, 9.17) is 0 Å². The first-order valence-corrected chi connectivity index (χ1v) is 13.6. The number of benzene rings is 1. The lowest BCUT2D eigenvalue weighted by molar-refractivity contribution is 0.689. The lowest BCUT2D eigenvalue weighted by Crippen LogP contribution is -2.58. The summed E-state index contributed by atoms with van der Waals surface area (Å²) < 4.78 is 2.79. The number of hydrogen-bond donors (Lipinski definition) is 0. The maximum atomic E-state index is 2.79. The van der Waals surface area contributed by atoms with Crippen LogP contribution in [0.1, 0.15) is 5.56 Å². The Bertz CT molecular complexity index is 371. The largest absolute Gasteiger partial charge is 0.343 e. The van der Waals surface area contributed by atoms with Gasteiger partial charge in [-0.15, -0.1) is 0 Å². The van der Waals surface area contributed by atoms with Crippen molar-refractivity contribution in [2.75, 3.05) is 6.54 Å². The standard InChI is InChI=1S/C15H27NSi2/c1-17(2,3)16(18(4,5)6)14-10-13-15-11-8-7-9-12-15/h7-13H,14H2,1-6H3. The van der Waals surface area contributed by atoms with E-state index in [0.29, 0.717) is 0 Å². The van der Waals surface area contributed by atoms with Gasteiger partial charge in [-0.05, 0) is 5.56 Å². The normalized spacial score (nSPS) is 13.5. The molecule has 1 nitrogen and oxygen atoms in total. The van der Waals surface area contributed by atoms with Gasteiger partial charge in [0.1, 0.15) is 16.5 Å². The van der Waals surface area contributed by atoms with Crippen LogP contribution in [0.4, 0.5) is 0 Å². The highest BCUT2D eigenvalue weighted by atomic mass is 28.4. The third-order valence-electron chi connectivity index (χ3n) is 3.02. The molecule has 0 fully saturated rings. The van der Waals surface area contributed by atoms with Crippen molar-refractivity contribution >= 4 is 22.5 Å². The maximum Gasteiger partial charge on any atom is 0.112 e. The molecule has 0 unspecified atom stereocenters. The van der Waals surface area contributed by atoms with Crippen LogP contribution in [0.2, 0.25) is 39.3 Å². The molecule has 0 atom stereocenters. The molecular weight excluding hydrogens is 250 g/mol. The second kappa shape index (κ2) is 6.00. The Morgan fingerprint density at radius 3 is 1.83 bits per heavy atom. The van der Waals surface area contributed by atoms with Gasteiger partial charge in [0.25, 0.3) is 0 Å². The van der Waals surface area contributed by atoms with E-state index < -0.39 is 16.5 Å². The summed E-state index contributed by atoms with van der Waals surface area (Å²) in [5.74, 6) is 0. The minimum Gasteiger partial charge on any atom is -0.343 e. The minimum atomic E-state index is -1.22. The fourth-order valence-electron chi connectivity index (χ4n) is 2.41. The van der Waals surface area contributed by atoms with Crippen molar-refractivity contribution in [2.24, 2.45) is 0 Å². The molecule has 0 saturated heterocycles. The third kappa shape index (κ3) is 4.92. The summed E-state index contributed by atoms with van der Waals surface area (Å²) in [7, 11) is -2.43. The first-order valence-electron chi connectivity index (χ1n) is 6.70. The quantitative estimate of drug-likeness (QED) is 0.707.